The van der Waals surface area contributed by atoms with Gasteiger partial charge in [-0.3, -0.25) is 4.79 Å². The Morgan fingerprint density at radius 3 is 2.75 bits per heavy atom. The molecular weight excluding hydrogens is 316 g/mol. The van der Waals surface area contributed by atoms with Gasteiger partial charge in [-0.1, -0.05) is 52.3 Å². The number of carbonyl (C=O) groups is 1. The highest BCUT2D eigenvalue weighted by Crippen LogP contribution is 2.29. The second-order valence-electron chi connectivity index (χ2n) is 4.71. The number of hydrogen-bond donors (Lipinski definition) is 0. The molecule has 100 valence electrons. The zero-order valence-corrected chi connectivity index (χ0v) is 12.3. The molecule has 0 fully saturated rings. The maximum absolute atomic E-state index is 12.3. The molecule has 0 aromatic heterocycles. The first-order valence-electron chi connectivity index (χ1n) is 6.43. The fraction of sp³-hybridized carbons (Fsp3) is 0.118. The van der Waals surface area contributed by atoms with E-state index >= 15 is 0 Å². The summed E-state index contributed by atoms with van der Waals surface area (Å²) in [5, 5.41) is 0. The molecule has 0 saturated heterocycles. The van der Waals surface area contributed by atoms with Crippen LogP contribution in [0, 0.1) is 0 Å². The van der Waals surface area contributed by atoms with Crippen molar-refractivity contribution in [2.45, 2.75) is 12.5 Å². The fourth-order valence-electron chi connectivity index (χ4n) is 2.19. The van der Waals surface area contributed by atoms with Crippen LogP contribution in [0.2, 0.25) is 0 Å². The Balaban J connectivity index is 1.74. The number of Topliss-reactive ketones (excluding diaryl/α,β-unsaturated/α-hetero) is 1. The number of rotatable bonds is 3. The molecule has 1 aliphatic rings. The van der Waals surface area contributed by atoms with Crippen molar-refractivity contribution >= 4 is 27.8 Å². The highest BCUT2D eigenvalue weighted by Gasteiger charge is 2.21. The molecule has 0 bridgehead atoms. The second kappa shape index (κ2) is 5.63. The fourth-order valence-corrected chi connectivity index (χ4v) is 2.57. The van der Waals surface area contributed by atoms with E-state index in [1.807, 2.05) is 60.7 Å². The van der Waals surface area contributed by atoms with Crippen LogP contribution in [0.15, 0.2) is 59.1 Å². The van der Waals surface area contributed by atoms with Crippen LogP contribution in [-0.2, 0) is 11.2 Å². The topological polar surface area (TPSA) is 26.3 Å². The van der Waals surface area contributed by atoms with E-state index < -0.39 is 6.10 Å². The third kappa shape index (κ3) is 2.83. The van der Waals surface area contributed by atoms with Gasteiger partial charge < -0.3 is 4.74 Å². The van der Waals surface area contributed by atoms with E-state index in [-0.39, 0.29) is 5.78 Å². The summed E-state index contributed by atoms with van der Waals surface area (Å²) in [4.78, 5) is 12.3. The molecule has 0 amide bonds. The van der Waals surface area contributed by atoms with Crippen molar-refractivity contribution in [1.82, 2.24) is 0 Å². The molecule has 0 saturated carbocycles. The number of ketones is 1. The second-order valence-corrected chi connectivity index (χ2v) is 5.62. The van der Waals surface area contributed by atoms with Gasteiger partial charge in [0.1, 0.15) is 5.75 Å². The molecule has 0 radical (unpaired) electrons. The molecule has 3 rings (SSSR count). The SMILES string of the molecule is O=C(Cc1ccccc1)C1C=Cc2cc(Br)ccc2O1. The smallest absolute Gasteiger partial charge is 0.181 e. The minimum absolute atomic E-state index is 0.0704. The van der Waals surface area contributed by atoms with Crippen molar-refractivity contribution in [2.24, 2.45) is 0 Å². The summed E-state index contributed by atoms with van der Waals surface area (Å²) in [5.41, 5.74) is 2.00. The maximum atomic E-state index is 12.3. The van der Waals surface area contributed by atoms with Crippen molar-refractivity contribution in [1.29, 1.82) is 0 Å². The van der Waals surface area contributed by atoms with Crippen LogP contribution in [0.3, 0.4) is 0 Å². The third-order valence-corrected chi connectivity index (χ3v) is 3.71. The first kappa shape index (κ1) is 13.1. The quantitative estimate of drug-likeness (QED) is 0.850. The van der Waals surface area contributed by atoms with Gasteiger partial charge in [-0.2, -0.15) is 0 Å². The largest absolute Gasteiger partial charge is 0.478 e. The number of benzene rings is 2. The molecule has 20 heavy (non-hydrogen) atoms. The summed E-state index contributed by atoms with van der Waals surface area (Å²) in [7, 11) is 0. The van der Waals surface area contributed by atoms with E-state index in [0.717, 1.165) is 21.3 Å². The lowest BCUT2D eigenvalue weighted by atomic mass is 10.0. The number of halogens is 1. The van der Waals surface area contributed by atoms with Gasteiger partial charge in [0.05, 0.1) is 0 Å². The van der Waals surface area contributed by atoms with Gasteiger partial charge in [0, 0.05) is 16.5 Å². The van der Waals surface area contributed by atoms with E-state index in [1.165, 1.54) is 0 Å². The standard InChI is InChI=1S/C17H13BrO2/c18-14-7-9-16-13(11-14)6-8-17(20-16)15(19)10-12-4-2-1-3-5-12/h1-9,11,17H,10H2. The lowest BCUT2D eigenvalue weighted by molar-refractivity contribution is -0.123. The lowest BCUT2D eigenvalue weighted by Gasteiger charge is -2.20. The van der Waals surface area contributed by atoms with E-state index in [0.29, 0.717) is 6.42 Å². The van der Waals surface area contributed by atoms with Crippen molar-refractivity contribution in [3.8, 4) is 5.75 Å². The van der Waals surface area contributed by atoms with Crippen molar-refractivity contribution in [2.75, 3.05) is 0 Å². The van der Waals surface area contributed by atoms with Gasteiger partial charge in [-0.05, 0) is 29.8 Å². The zero-order valence-electron chi connectivity index (χ0n) is 10.8. The Morgan fingerprint density at radius 1 is 1.15 bits per heavy atom. The van der Waals surface area contributed by atoms with Gasteiger partial charge in [0.25, 0.3) is 0 Å². The minimum atomic E-state index is -0.496. The average molecular weight is 329 g/mol. The van der Waals surface area contributed by atoms with Crippen LogP contribution in [0.1, 0.15) is 11.1 Å². The number of carbonyl (C=O) groups excluding carboxylic acids is 1. The van der Waals surface area contributed by atoms with E-state index in [4.69, 9.17) is 4.74 Å². The Hall–Kier alpha value is -1.87. The first-order chi connectivity index (χ1) is 9.72. The van der Waals surface area contributed by atoms with E-state index in [2.05, 4.69) is 15.9 Å². The summed E-state index contributed by atoms with van der Waals surface area (Å²) in [6.45, 7) is 0. The molecule has 2 aromatic carbocycles. The summed E-state index contributed by atoms with van der Waals surface area (Å²) < 4.78 is 6.76. The zero-order chi connectivity index (χ0) is 13.9. The van der Waals surface area contributed by atoms with Crippen LogP contribution in [-0.4, -0.2) is 11.9 Å². The van der Waals surface area contributed by atoms with Gasteiger partial charge in [-0.25, -0.2) is 0 Å². The van der Waals surface area contributed by atoms with Crippen molar-refractivity contribution < 1.29 is 9.53 Å². The Morgan fingerprint density at radius 2 is 1.95 bits per heavy atom. The van der Waals surface area contributed by atoms with Crippen LogP contribution in [0.5, 0.6) is 5.75 Å². The predicted molar refractivity (Wildman–Crippen MR) is 82.7 cm³/mol. The summed E-state index contributed by atoms with van der Waals surface area (Å²) in [6.07, 6.45) is 3.66. The van der Waals surface area contributed by atoms with Crippen LogP contribution in [0.25, 0.3) is 6.08 Å². The van der Waals surface area contributed by atoms with Gasteiger partial charge in [-0.15, -0.1) is 0 Å². The molecule has 0 spiro atoms. The molecule has 1 atom stereocenters. The normalized spacial score (nSPS) is 16.4. The van der Waals surface area contributed by atoms with Gasteiger partial charge in [0.2, 0.25) is 0 Å². The number of fused-ring (bicyclic) bond motifs is 1. The maximum Gasteiger partial charge on any atom is 0.181 e. The van der Waals surface area contributed by atoms with Crippen LogP contribution in [0.4, 0.5) is 0 Å². The number of hydrogen-bond acceptors (Lipinski definition) is 2. The molecule has 0 aliphatic carbocycles. The average Bonchev–Trinajstić information content (AvgIpc) is 2.47. The van der Waals surface area contributed by atoms with Crippen molar-refractivity contribution in [3.05, 3.63) is 70.2 Å². The minimum Gasteiger partial charge on any atom is -0.478 e. The summed E-state index contributed by atoms with van der Waals surface area (Å²) in [5.74, 6) is 0.822. The summed E-state index contributed by atoms with van der Waals surface area (Å²) >= 11 is 3.42. The van der Waals surface area contributed by atoms with E-state index in [9.17, 15) is 4.79 Å². The van der Waals surface area contributed by atoms with Crippen LogP contribution < -0.4 is 4.74 Å². The molecule has 3 heteroatoms. The first-order valence-corrected chi connectivity index (χ1v) is 7.23. The molecular formula is C17H13BrO2. The van der Waals surface area contributed by atoms with Gasteiger partial charge >= 0.3 is 0 Å². The van der Waals surface area contributed by atoms with Crippen molar-refractivity contribution in [3.63, 3.8) is 0 Å². The highest BCUT2D eigenvalue weighted by atomic mass is 79.9. The third-order valence-electron chi connectivity index (χ3n) is 3.21. The van der Waals surface area contributed by atoms with Gasteiger partial charge in [0.15, 0.2) is 11.9 Å². The Kier molecular flexibility index (Phi) is 3.70. The number of ether oxygens (including phenoxy) is 1. The Labute approximate surface area is 126 Å². The van der Waals surface area contributed by atoms with Crippen LogP contribution >= 0.6 is 15.9 Å². The molecule has 2 aromatic rings. The molecule has 0 N–H and O–H groups in total. The van der Waals surface area contributed by atoms with E-state index in [1.54, 1.807) is 0 Å². The Bertz CT molecular complexity index is 662. The predicted octanol–water partition coefficient (Wildman–Crippen LogP) is 4.04. The molecule has 2 nitrogen and oxygen atoms in total. The molecule has 1 aliphatic heterocycles. The molecule has 1 heterocycles. The highest BCUT2D eigenvalue weighted by molar-refractivity contribution is 9.10. The molecule has 1 unspecified atom stereocenters. The summed E-state index contributed by atoms with van der Waals surface area (Å²) in [6, 6.07) is 15.5. The monoisotopic (exact) mass is 328 g/mol. The lowest BCUT2D eigenvalue weighted by Crippen LogP contribution is -2.28.